The highest BCUT2D eigenvalue weighted by Gasteiger charge is 2.14. The van der Waals surface area contributed by atoms with Crippen LogP contribution < -0.4 is 16.1 Å². The minimum absolute atomic E-state index is 0.226. The largest absolute Gasteiger partial charge is 0.424 e. The second kappa shape index (κ2) is 6.57. The molecule has 0 radical (unpaired) electrons. The summed E-state index contributed by atoms with van der Waals surface area (Å²) in [5, 5.41) is 3.16. The molecule has 0 fully saturated rings. The summed E-state index contributed by atoms with van der Waals surface area (Å²) in [6, 6.07) is 7.22. The van der Waals surface area contributed by atoms with E-state index in [0.717, 1.165) is 16.6 Å². The number of rotatable bonds is 4. The number of hydrogen-bond donors (Lipinski definition) is 1. The lowest BCUT2D eigenvalue weighted by molar-refractivity contribution is 0.440. The molecule has 4 rings (SSSR count). The van der Waals surface area contributed by atoms with E-state index in [1.165, 1.54) is 11.3 Å². The Balaban J connectivity index is 1.72. The van der Waals surface area contributed by atoms with Gasteiger partial charge in [0.25, 0.3) is 0 Å². The summed E-state index contributed by atoms with van der Waals surface area (Å²) >= 11 is 1.35. The monoisotopic (exact) mass is 366 g/mol. The van der Waals surface area contributed by atoms with E-state index in [4.69, 9.17) is 14.9 Å². The van der Waals surface area contributed by atoms with Crippen LogP contribution in [-0.2, 0) is 6.42 Å². The topological polar surface area (TPSA) is 104 Å². The molecule has 26 heavy (non-hydrogen) atoms. The smallest absolute Gasteiger partial charge is 0.340 e. The molecule has 0 atom stereocenters. The summed E-state index contributed by atoms with van der Waals surface area (Å²) in [6.07, 6.45) is 3.56. The second-order valence-electron chi connectivity index (χ2n) is 5.64. The van der Waals surface area contributed by atoms with Crippen molar-refractivity contribution in [3.05, 3.63) is 69.3 Å². The first kappa shape index (κ1) is 16.2. The number of thiazole rings is 1. The van der Waals surface area contributed by atoms with E-state index >= 15 is 0 Å². The fourth-order valence-corrected chi connectivity index (χ4v) is 3.23. The maximum absolute atomic E-state index is 12.4. The van der Waals surface area contributed by atoms with E-state index < -0.39 is 5.63 Å². The molecule has 0 bridgehead atoms. The summed E-state index contributed by atoms with van der Waals surface area (Å²) in [7, 11) is 0. The van der Waals surface area contributed by atoms with Crippen molar-refractivity contribution < 1.29 is 9.15 Å². The van der Waals surface area contributed by atoms with Crippen LogP contribution in [0, 0.1) is 6.92 Å². The molecule has 0 saturated carbocycles. The average Bonchev–Trinajstić information content (AvgIpc) is 3.04. The Labute approximate surface area is 152 Å². The van der Waals surface area contributed by atoms with Crippen molar-refractivity contribution >= 4 is 27.4 Å². The lowest BCUT2D eigenvalue weighted by Gasteiger charge is -2.08. The Bertz CT molecular complexity index is 1140. The van der Waals surface area contributed by atoms with Crippen molar-refractivity contribution in [3.8, 4) is 11.8 Å². The highest BCUT2D eigenvalue weighted by molar-refractivity contribution is 7.13. The summed E-state index contributed by atoms with van der Waals surface area (Å²) < 4.78 is 11.1. The Hall–Kier alpha value is -3.26. The van der Waals surface area contributed by atoms with Gasteiger partial charge in [-0.3, -0.25) is 0 Å². The van der Waals surface area contributed by atoms with E-state index in [0.29, 0.717) is 28.4 Å². The number of aryl methyl sites for hydroxylation is 1. The van der Waals surface area contributed by atoms with Gasteiger partial charge in [-0.15, -0.1) is 11.3 Å². The van der Waals surface area contributed by atoms with Crippen LogP contribution >= 0.6 is 11.3 Å². The third-order valence-electron chi connectivity index (χ3n) is 3.94. The van der Waals surface area contributed by atoms with Gasteiger partial charge in [-0.2, -0.15) is 0 Å². The molecule has 8 heteroatoms. The van der Waals surface area contributed by atoms with Crippen LogP contribution in [-0.4, -0.2) is 15.0 Å². The SMILES string of the molecule is Cc1c(Cc2csc(N)n2)c(=O)oc2cc(Oc3ncccn3)ccc12. The zero-order valence-electron chi connectivity index (χ0n) is 13.8. The van der Waals surface area contributed by atoms with Gasteiger partial charge in [0.2, 0.25) is 0 Å². The maximum Gasteiger partial charge on any atom is 0.340 e. The van der Waals surface area contributed by atoms with Gasteiger partial charge >= 0.3 is 11.6 Å². The van der Waals surface area contributed by atoms with Crippen molar-refractivity contribution in [3.63, 3.8) is 0 Å². The van der Waals surface area contributed by atoms with Gasteiger partial charge in [0, 0.05) is 41.2 Å². The molecular formula is C18H14N4O3S. The highest BCUT2D eigenvalue weighted by atomic mass is 32.1. The number of aromatic nitrogens is 3. The van der Waals surface area contributed by atoms with E-state index in [1.807, 2.05) is 18.4 Å². The molecule has 0 unspecified atom stereocenters. The van der Waals surface area contributed by atoms with E-state index in [2.05, 4.69) is 15.0 Å². The minimum Gasteiger partial charge on any atom is -0.424 e. The quantitative estimate of drug-likeness (QED) is 0.552. The van der Waals surface area contributed by atoms with Crippen molar-refractivity contribution in [2.75, 3.05) is 5.73 Å². The molecule has 0 aliphatic carbocycles. The predicted molar refractivity (Wildman–Crippen MR) is 98.7 cm³/mol. The molecule has 7 nitrogen and oxygen atoms in total. The molecule has 3 aromatic heterocycles. The zero-order chi connectivity index (χ0) is 18.1. The maximum atomic E-state index is 12.4. The predicted octanol–water partition coefficient (Wildman–Crippen LogP) is 3.31. The fourth-order valence-electron chi connectivity index (χ4n) is 2.67. The first-order valence-corrected chi connectivity index (χ1v) is 8.69. The number of nitrogen functional groups attached to an aromatic ring is 1. The third kappa shape index (κ3) is 3.14. The molecule has 0 amide bonds. The molecule has 2 N–H and O–H groups in total. The molecule has 0 aliphatic rings. The van der Waals surface area contributed by atoms with Gasteiger partial charge in [-0.05, 0) is 30.7 Å². The number of ether oxygens (including phenoxy) is 1. The summed E-state index contributed by atoms with van der Waals surface area (Å²) in [6.45, 7) is 1.89. The number of hydrogen-bond acceptors (Lipinski definition) is 8. The van der Waals surface area contributed by atoms with Crippen LogP contribution in [0.2, 0.25) is 0 Å². The van der Waals surface area contributed by atoms with Gasteiger partial charge in [0.15, 0.2) is 5.13 Å². The lowest BCUT2D eigenvalue weighted by atomic mass is 10.0. The molecule has 130 valence electrons. The average molecular weight is 366 g/mol. The van der Waals surface area contributed by atoms with Crippen LogP contribution in [0.25, 0.3) is 11.0 Å². The second-order valence-corrected chi connectivity index (χ2v) is 6.53. The van der Waals surface area contributed by atoms with Crippen LogP contribution in [0.1, 0.15) is 16.8 Å². The molecule has 1 aromatic carbocycles. The minimum atomic E-state index is -0.394. The molecule has 3 heterocycles. The number of anilines is 1. The van der Waals surface area contributed by atoms with E-state index in [1.54, 1.807) is 30.6 Å². The van der Waals surface area contributed by atoms with E-state index in [-0.39, 0.29) is 6.01 Å². The standard InChI is InChI=1S/C18H14N4O3S/c1-10-13-4-3-12(24-18-20-5-2-6-21-18)8-15(13)25-16(23)14(10)7-11-9-26-17(19)22-11/h2-6,8-9H,7H2,1H3,(H2,19,22). The Morgan fingerprint density at radius 3 is 2.81 bits per heavy atom. The number of nitrogens with two attached hydrogens (primary N) is 1. The van der Waals surface area contributed by atoms with Crippen LogP contribution in [0.3, 0.4) is 0 Å². The summed E-state index contributed by atoms with van der Waals surface area (Å²) in [5.41, 5.74) is 7.89. The molecular weight excluding hydrogens is 352 g/mol. The number of nitrogens with zero attached hydrogens (tertiary/aromatic N) is 3. The number of benzene rings is 1. The Kier molecular flexibility index (Phi) is 4.10. The molecule has 0 aliphatic heterocycles. The van der Waals surface area contributed by atoms with Gasteiger partial charge in [-0.1, -0.05) is 0 Å². The third-order valence-corrected chi connectivity index (χ3v) is 4.66. The summed E-state index contributed by atoms with van der Waals surface area (Å²) in [4.78, 5) is 24.7. The van der Waals surface area contributed by atoms with Crippen molar-refractivity contribution in [1.82, 2.24) is 15.0 Å². The molecule has 0 saturated heterocycles. The Morgan fingerprint density at radius 1 is 1.27 bits per heavy atom. The fraction of sp³-hybridized carbons (Fsp3) is 0.111. The first-order valence-electron chi connectivity index (χ1n) is 7.81. The van der Waals surface area contributed by atoms with Crippen LogP contribution in [0.5, 0.6) is 11.8 Å². The van der Waals surface area contributed by atoms with E-state index in [9.17, 15) is 4.79 Å². The zero-order valence-corrected chi connectivity index (χ0v) is 14.6. The van der Waals surface area contributed by atoms with Crippen molar-refractivity contribution in [1.29, 1.82) is 0 Å². The molecule has 0 spiro atoms. The van der Waals surface area contributed by atoms with Crippen molar-refractivity contribution in [2.45, 2.75) is 13.3 Å². The van der Waals surface area contributed by atoms with Gasteiger partial charge in [0.05, 0.1) is 5.69 Å². The van der Waals surface area contributed by atoms with Gasteiger partial charge in [0.1, 0.15) is 11.3 Å². The van der Waals surface area contributed by atoms with Crippen LogP contribution in [0.4, 0.5) is 5.13 Å². The summed E-state index contributed by atoms with van der Waals surface area (Å²) in [5.74, 6) is 0.492. The Morgan fingerprint density at radius 2 is 2.08 bits per heavy atom. The first-order chi connectivity index (χ1) is 12.6. The van der Waals surface area contributed by atoms with Crippen molar-refractivity contribution in [2.24, 2.45) is 0 Å². The normalized spacial score (nSPS) is 11.0. The van der Waals surface area contributed by atoms with Gasteiger partial charge in [-0.25, -0.2) is 19.7 Å². The van der Waals surface area contributed by atoms with Crippen LogP contribution in [0.15, 0.2) is 51.3 Å². The number of fused-ring (bicyclic) bond motifs is 1. The molecule has 4 aromatic rings. The lowest BCUT2D eigenvalue weighted by Crippen LogP contribution is -2.11. The highest BCUT2D eigenvalue weighted by Crippen LogP contribution is 2.27. The van der Waals surface area contributed by atoms with Gasteiger partial charge < -0.3 is 14.9 Å².